The summed E-state index contributed by atoms with van der Waals surface area (Å²) in [6.45, 7) is 0. The van der Waals surface area contributed by atoms with Gasteiger partial charge in [0.1, 0.15) is 5.75 Å². The van der Waals surface area contributed by atoms with Crippen LogP contribution in [-0.2, 0) is 6.42 Å². The topological polar surface area (TPSA) is 35.2 Å². The molecule has 1 aromatic carbocycles. The first kappa shape index (κ1) is 9.18. The Morgan fingerprint density at radius 2 is 2.07 bits per heavy atom. The number of hydrogen-bond donors (Lipinski definition) is 1. The summed E-state index contributed by atoms with van der Waals surface area (Å²) in [4.78, 5) is 0. The predicted molar refractivity (Wildman–Crippen MR) is 45.0 cm³/mol. The summed E-state index contributed by atoms with van der Waals surface area (Å²) in [6.07, 6.45) is -6.18. The van der Waals surface area contributed by atoms with E-state index in [1.807, 2.05) is 0 Å². The van der Waals surface area contributed by atoms with Crippen LogP contribution >= 0.6 is 0 Å². The van der Waals surface area contributed by atoms with E-state index in [2.05, 4.69) is 0 Å². The molecule has 0 fully saturated rings. The largest absolute Gasteiger partial charge is 0.480 e. The first-order chi connectivity index (χ1) is 6.47. The first-order valence-corrected chi connectivity index (χ1v) is 4.08. The molecule has 2 nitrogen and oxygen atoms in total. The molecule has 76 valence electrons. The Labute approximate surface area is 78.5 Å². The van der Waals surface area contributed by atoms with Gasteiger partial charge in [-0.2, -0.15) is 13.2 Å². The average Bonchev–Trinajstić information content (AvgIpc) is 2.45. The fourth-order valence-electron chi connectivity index (χ4n) is 1.45. The molecule has 1 aliphatic rings. The number of nitrogens with two attached hydrogens (primary N) is 1. The van der Waals surface area contributed by atoms with Gasteiger partial charge in [-0.1, -0.05) is 0 Å². The fraction of sp³-hybridized carbons (Fsp3) is 0.333. The zero-order valence-electron chi connectivity index (χ0n) is 7.14. The fourth-order valence-corrected chi connectivity index (χ4v) is 1.45. The Morgan fingerprint density at radius 3 is 2.71 bits per heavy atom. The van der Waals surface area contributed by atoms with E-state index in [0.29, 0.717) is 11.3 Å². The van der Waals surface area contributed by atoms with E-state index in [4.69, 9.17) is 10.5 Å². The van der Waals surface area contributed by atoms with Gasteiger partial charge in [-0.15, -0.1) is 0 Å². The lowest BCUT2D eigenvalue weighted by molar-refractivity contribution is -0.189. The van der Waals surface area contributed by atoms with Gasteiger partial charge in [0.25, 0.3) is 0 Å². The second-order valence-corrected chi connectivity index (χ2v) is 3.22. The Balaban J connectivity index is 2.26. The highest BCUT2D eigenvalue weighted by Crippen LogP contribution is 2.37. The van der Waals surface area contributed by atoms with Gasteiger partial charge in [-0.05, 0) is 18.2 Å². The van der Waals surface area contributed by atoms with Crippen molar-refractivity contribution in [1.29, 1.82) is 0 Å². The lowest BCUT2D eigenvalue weighted by Gasteiger charge is -2.13. The third-order valence-corrected chi connectivity index (χ3v) is 2.12. The van der Waals surface area contributed by atoms with E-state index in [1.54, 1.807) is 0 Å². The highest BCUT2D eigenvalue weighted by molar-refractivity contribution is 5.49. The molecule has 1 heterocycles. The van der Waals surface area contributed by atoms with E-state index in [-0.39, 0.29) is 12.2 Å². The zero-order chi connectivity index (χ0) is 10.3. The lowest BCUT2D eigenvalue weighted by Crippen LogP contribution is -2.32. The van der Waals surface area contributed by atoms with Crippen LogP contribution in [0.5, 0.6) is 5.75 Å². The molecular formula is C9H8F3NO. The van der Waals surface area contributed by atoms with Crippen LogP contribution in [0, 0.1) is 0 Å². The van der Waals surface area contributed by atoms with Crippen LogP contribution in [-0.4, -0.2) is 12.3 Å². The number of anilines is 1. The molecule has 0 aromatic heterocycles. The van der Waals surface area contributed by atoms with Gasteiger partial charge < -0.3 is 10.5 Å². The van der Waals surface area contributed by atoms with E-state index < -0.39 is 12.3 Å². The van der Waals surface area contributed by atoms with Gasteiger partial charge in [0.05, 0.1) is 0 Å². The maximum atomic E-state index is 12.3. The number of fused-ring (bicyclic) bond motifs is 1. The molecule has 0 aliphatic carbocycles. The molecule has 0 amide bonds. The minimum absolute atomic E-state index is 0.149. The van der Waals surface area contributed by atoms with Crippen LogP contribution in [0.15, 0.2) is 18.2 Å². The quantitative estimate of drug-likeness (QED) is 0.655. The molecule has 1 atom stereocenters. The molecule has 0 spiro atoms. The second-order valence-electron chi connectivity index (χ2n) is 3.22. The first-order valence-electron chi connectivity index (χ1n) is 4.08. The summed E-state index contributed by atoms with van der Waals surface area (Å²) in [6, 6.07) is 4.51. The minimum Gasteiger partial charge on any atom is -0.480 e. The standard InChI is InChI=1S/C9H8F3NO/c10-9(11,12)8-4-5-3-6(13)1-2-7(5)14-8/h1-3,8H,4,13H2. The molecule has 0 saturated carbocycles. The van der Waals surface area contributed by atoms with Gasteiger partial charge in [-0.25, -0.2) is 0 Å². The number of alkyl halides is 3. The van der Waals surface area contributed by atoms with Gasteiger partial charge in [0.15, 0.2) is 6.10 Å². The van der Waals surface area contributed by atoms with Crippen LogP contribution in [0.1, 0.15) is 5.56 Å². The van der Waals surface area contributed by atoms with Gasteiger partial charge >= 0.3 is 6.18 Å². The van der Waals surface area contributed by atoms with Crippen molar-refractivity contribution in [2.24, 2.45) is 0 Å². The van der Waals surface area contributed by atoms with Crippen molar-refractivity contribution in [2.75, 3.05) is 5.73 Å². The Bertz CT molecular complexity index is 362. The summed E-state index contributed by atoms with van der Waals surface area (Å²) in [5.41, 5.74) is 6.42. The lowest BCUT2D eigenvalue weighted by atomic mass is 10.1. The highest BCUT2D eigenvalue weighted by atomic mass is 19.4. The van der Waals surface area contributed by atoms with Gasteiger partial charge in [-0.3, -0.25) is 0 Å². The van der Waals surface area contributed by atoms with Crippen LogP contribution in [0.2, 0.25) is 0 Å². The predicted octanol–water partition coefficient (Wildman–Crippen LogP) is 2.13. The summed E-state index contributed by atoms with van der Waals surface area (Å²) in [5, 5.41) is 0. The monoisotopic (exact) mass is 203 g/mol. The SMILES string of the molecule is Nc1ccc2c(c1)CC(C(F)(F)F)O2. The zero-order valence-corrected chi connectivity index (χ0v) is 7.14. The van der Waals surface area contributed by atoms with Crippen molar-refractivity contribution in [3.63, 3.8) is 0 Å². The molecule has 2 N–H and O–H groups in total. The van der Waals surface area contributed by atoms with Crippen molar-refractivity contribution < 1.29 is 17.9 Å². The normalized spacial score (nSPS) is 20.4. The maximum Gasteiger partial charge on any atom is 0.425 e. The van der Waals surface area contributed by atoms with Crippen LogP contribution in [0.25, 0.3) is 0 Å². The van der Waals surface area contributed by atoms with E-state index in [0.717, 1.165) is 0 Å². The second kappa shape index (κ2) is 2.80. The minimum atomic E-state index is -4.31. The molecule has 0 radical (unpaired) electrons. The number of nitrogen functional groups attached to an aromatic ring is 1. The van der Waals surface area contributed by atoms with Gasteiger partial charge in [0.2, 0.25) is 0 Å². The van der Waals surface area contributed by atoms with E-state index in [1.165, 1.54) is 18.2 Å². The summed E-state index contributed by atoms with van der Waals surface area (Å²) >= 11 is 0. The molecule has 14 heavy (non-hydrogen) atoms. The van der Waals surface area contributed by atoms with Crippen molar-refractivity contribution >= 4 is 5.69 Å². The van der Waals surface area contributed by atoms with Crippen molar-refractivity contribution in [1.82, 2.24) is 0 Å². The molecule has 1 aliphatic heterocycles. The number of benzene rings is 1. The average molecular weight is 203 g/mol. The Hall–Kier alpha value is -1.39. The number of hydrogen-bond acceptors (Lipinski definition) is 2. The number of halogens is 3. The van der Waals surface area contributed by atoms with E-state index in [9.17, 15) is 13.2 Å². The smallest absolute Gasteiger partial charge is 0.425 e. The van der Waals surface area contributed by atoms with Crippen LogP contribution < -0.4 is 10.5 Å². The Kier molecular flexibility index (Phi) is 1.83. The van der Waals surface area contributed by atoms with E-state index >= 15 is 0 Å². The van der Waals surface area contributed by atoms with Crippen LogP contribution in [0.3, 0.4) is 0 Å². The summed E-state index contributed by atoms with van der Waals surface area (Å²) in [7, 11) is 0. The molecule has 1 unspecified atom stereocenters. The molecule has 1 aromatic rings. The number of ether oxygens (including phenoxy) is 1. The molecule has 5 heteroatoms. The van der Waals surface area contributed by atoms with Crippen molar-refractivity contribution in [3.8, 4) is 5.75 Å². The third kappa shape index (κ3) is 1.49. The van der Waals surface area contributed by atoms with Crippen LogP contribution in [0.4, 0.5) is 18.9 Å². The molecule has 2 rings (SSSR count). The molecule has 0 bridgehead atoms. The molecule has 0 saturated heterocycles. The summed E-state index contributed by atoms with van der Waals surface area (Å²) in [5.74, 6) is 0.279. The highest BCUT2D eigenvalue weighted by Gasteiger charge is 2.45. The Morgan fingerprint density at radius 1 is 1.36 bits per heavy atom. The molecular weight excluding hydrogens is 195 g/mol. The van der Waals surface area contributed by atoms with Crippen molar-refractivity contribution in [2.45, 2.75) is 18.7 Å². The van der Waals surface area contributed by atoms with Crippen molar-refractivity contribution in [3.05, 3.63) is 23.8 Å². The summed E-state index contributed by atoms with van der Waals surface area (Å²) < 4.78 is 41.6. The third-order valence-electron chi connectivity index (χ3n) is 2.12. The maximum absolute atomic E-state index is 12.3. The number of rotatable bonds is 0. The van der Waals surface area contributed by atoms with Gasteiger partial charge in [0, 0.05) is 17.7 Å².